The highest BCUT2D eigenvalue weighted by atomic mass is 127. The highest BCUT2D eigenvalue weighted by Crippen LogP contribution is 2.21. The van der Waals surface area contributed by atoms with E-state index in [-0.39, 0.29) is 16.4 Å². The molecule has 1 aromatic rings. The minimum Gasteiger partial charge on any atom is -0.465 e. The molecular formula is C7H6ClIN2O2. The van der Waals surface area contributed by atoms with Gasteiger partial charge < -0.3 is 10.5 Å². The number of hydrogen-bond donors (Lipinski definition) is 1. The van der Waals surface area contributed by atoms with Gasteiger partial charge in [-0.2, -0.15) is 0 Å². The SMILES string of the molecule is COC(=O)c1cc(Cl)nc(I)c1N. The molecule has 0 bridgehead atoms. The summed E-state index contributed by atoms with van der Waals surface area (Å²) in [6.07, 6.45) is 0. The van der Waals surface area contributed by atoms with Gasteiger partial charge >= 0.3 is 5.97 Å². The Kier molecular flexibility index (Phi) is 3.32. The third-order valence-corrected chi connectivity index (χ3v) is 2.40. The van der Waals surface area contributed by atoms with E-state index in [0.717, 1.165) is 0 Å². The first-order chi connectivity index (χ1) is 6.06. The summed E-state index contributed by atoms with van der Waals surface area (Å²) < 4.78 is 5.01. The first kappa shape index (κ1) is 10.5. The van der Waals surface area contributed by atoms with Crippen molar-refractivity contribution in [3.8, 4) is 0 Å². The molecule has 0 radical (unpaired) electrons. The normalized spacial score (nSPS) is 9.77. The summed E-state index contributed by atoms with van der Waals surface area (Å²) >= 11 is 7.54. The lowest BCUT2D eigenvalue weighted by Gasteiger charge is -2.04. The molecule has 4 nitrogen and oxygen atoms in total. The number of hydrogen-bond acceptors (Lipinski definition) is 4. The van der Waals surface area contributed by atoms with Crippen LogP contribution in [0.3, 0.4) is 0 Å². The Bertz CT molecular complexity index is 357. The van der Waals surface area contributed by atoms with Gasteiger partial charge in [0.2, 0.25) is 0 Å². The van der Waals surface area contributed by atoms with Crippen molar-refractivity contribution in [2.24, 2.45) is 0 Å². The summed E-state index contributed by atoms with van der Waals surface area (Å²) in [5.41, 5.74) is 6.13. The molecule has 0 saturated carbocycles. The minimum atomic E-state index is -0.514. The molecule has 6 heteroatoms. The lowest BCUT2D eigenvalue weighted by Crippen LogP contribution is -2.08. The first-order valence-electron chi connectivity index (χ1n) is 3.26. The molecule has 0 amide bonds. The topological polar surface area (TPSA) is 65.2 Å². The Labute approximate surface area is 93.6 Å². The second-order valence-electron chi connectivity index (χ2n) is 2.19. The lowest BCUT2D eigenvalue weighted by atomic mass is 10.2. The van der Waals surface area contributed by atoms with E-state index in [4.69, 9.17) is 17.3 Å². The lowest BCUT2D eigenvalue weighted by molar-refractivity contribution is 0.0601. The van der Waals surface area contributed by atoms with Crippen LogP contribution in [-0.4, -0.2) is 18.1 Å². The molecule has 0 aliphatic heterocycles. The number of nitrogens with two attached hydrogens (primary N) is 1. The predicted octanol–water partition coefficient (Wildman–Crippen LogP) is 1.71. The van der Waals surface area contributed by atoms with Gasteiger partial charge in [0.05, 0.1) is 18.4 Å². The van der Waals surface area contributed by atoms with Gasteiger partial charge in [-0.25, -0.2) is 9.78 Å². The Balaban J connectivity index is 3.28. The number of rotatable bonds is 1. The van der Waals surface area contributed by atoms with Crippen molar-refractivity contribution >= 4 is 45.8 Å². The number of aromatic nitrogens is 1. The number of esters is 1. The molecule has 2 N–H and O–H groups in total. The summed E-state index contributed by atoms with van der Waals surface area (Å²) in [6.45, 7) is 0. The second-order valence-corrected chi connectivity index (χ2v) is 3.60. The van der Waals surface area contributed by atoms with E-state index in [0.29, 0.717) is 3.70 Å². The Morgan fingerprint density at radius 1 is 1.77 bits per heavy atom. The molecular weight excluding hydrogens is 306 g/mol. The van der Waals surface area contributed by atoms with E-state index in [1.807, 2.05) is 22.6 Å². The van der Waals surface area contributed by atoms with Gasteiger partial charge in [-0.15, -0.1) is 0 Å². The van der Waals surface area contributed by atoms with Crippen molar-refractivity contribution in [3.63, 3.8) is 0 Å². The molecule has 0 saturated heterocycles. The van der Waals surface area contributed by atoms with Crippen LogP contribution < -0.4 is 5.73 Å². The van der Waals surface area contributed by atoms with Crippen molar-refractivity contribution in [1.29, 1.82) is 0 Å². The average molecular weight is 312 g/mol. The molecule has 13 heavy (non-hydrogen) atoms. The highest BCUT2D eigenvalue weighted by molar-refractivity contribution is 14.1. The van der Waals surface area contributed by atoms with Crippen molar-refractivity contribution in [1.82, 2.24) is 4.98 Å². The van der Waals surface area contributed by atoms with Crippen LogP contribution in [0.5, 0.6) is 0 Å². The molecule has 0 unspecified atom stereocenters. The number of anilines is 1. The molecule has 70 valence electrons. The number of carbonyl (C=O) groups is 1. The fourth-order valence-corrected chi connectivity index (χ4v) is 1.66. The molecule has 1 aromatic heterocycles. The van der Waals surface area contributed by atoms with E-state index in [1.54, 1.807) is 0 Å². The molecule has 0 atom stereocenters. The number of nitrogens with zero attached hydrogens (tertiary/aromatic N) is 1. The van der Waals surface area contributed by atoms with Crippen LogP contribution in [0, 0.1) is 3.70 Å². The first-order valence-corrected chi connectivity index (χ1v) is 4.71. The molecule has 0 aliphatic carbocycles. The van der Waals surface area contributed by atoms with E-state index >= 15 is 0 Å². The zero-order valence-electron chi connectivity index (χ0n) is 6.67. The summed E-state index contributed by atoms with van der Waals surface area (Å²) in [6, 6.07) is 1.38. The van der Waals surface area contributed by atoms with Crippen LogP contribution in [0.1, 0.15) is 10.4 Å². The standard InChI is InChI=1S/C7H6ClIN2O2/c1-13-7(12)3-2-4(8)11-6(9)5(3)10/h2H,10H2,1H3. The van der Waals surface area contributed by atoms with Crippen molar-refractivity contribution in [3.05, 3.63) is 20.5 Å². The van der Waals surface area contributed by atoms with Crippen LogP contribution in [0.15, 0.2) is 6.07 Å². The maximum absolute atomic E-state index is 11.1. The van der Waals surface area contributed by atoms with Gasteiger partial charge in [0, 0.05) is 0 Å². The van der Waals surface area contributed by atoms with Gasteiger partial charge in [-0.05, 0) is 28.7 Å². The number of halogens is 2. The molecule has 0 aliphatic rings. The predicted molar refractivity (Wildman–Crippen MR) is 57.7 cm³/mol. The van der Waals surface area contributed by atoms with Gasteiger partial charge in [-0.3, -0.25) is 0 Å². The smallest absolute Gasteiger partial charge is 0.340 e. The second kappa shape index (κ2) is 4.10. The molecule has 1 rings (SSSR count). The van der Waals surface area contributed by atoms with E-state index in [9.17, 15) is 4.79 Å². The van der Waals surface area contributed by atoms with E-state index < -0.39 is 5.97 Å². The minimum absolute atomic E-state index is 0.221. The highest BCUT2D eigenvalue weighted by Gasteiger charge is 2.14. The summed E-state index contributed by atoms with van der Waals surface area (Å²) in [5.74, 6) is -0.514. The Hall–Kier alpha value is -0.560. The third-order valence-electron chi connectivity index (χ3n) is 1.39. The van der Waals surface area contributed by atoms with Crippen molar-refractivity contribution in [2.45, 2.75) is 0 Å². The van der Waals surface area contributed by atoms with Crippen LogP contribution in [0.4, 0.5) is 5.69 Å². The number of methoxy groups -OCH3 is 1. The number of ether oxygens (including phenoxy) is 1. The van der Waals surface area contributed by atoms with Crippen LogP contribution in [-0.2, 0) is 4.74 Å². The van der Waals surface area contributed by atoms with Crippen LogP contribution in [0.25, 0.3) is 0 Å². The average Bonchev–Trinajstić information content (AvgIpc) is 2.10. The molecule has 0 spiro atoms. The van der Waals surface area contributed by atoms with Gasteiger partial charge in [0.15, 0.2) is 0 Å². The van der Waals surface area contributed by atoms with Gasteiger partial charge in [0.25, 0.3) is 0 Å². The maximum atomic E-state index is 11.1. The monoisotopic (exact) mass is 312 g/mol. The molecule has 0 aromatic carbocycles. The Morgan fingerprint density at radius 2 is 2.38 bits per heavy atom. The van der Waals surface area contributed by atoms with Crippen LogP contribution >= 0.6 is 34.2 Å². The zero-order chi connectivity index (χ0) is 10.0. The van der Waals surface area contributed by atoms with Crippen molar-refractivity contribution in [2.75, 3.05) is 12.8 Å². The number of nitrogen functional groups attached to an aromatic ring is 1. The fourth-order valence-electron chi connectivity index (χ4n) is 0.773. The van der Waals surface area contributed by atoms with E-state index in [1.165, 1.54) is 13.2 Å². The zero-order valence-corrected chi connectivity index (χ0v) is 9.59. The fraction of sp³-hybridized carbons (Fsp3) is 0.143. The van der Waals surface area contributed by atoms with Gasteiger partial charge in [-0.1, -0.05) is 11.6 Å². The summed E-state index contributed by atoms with van der Waals surface area (Å²) in [4.78, 5) is 15.0. The third kappa shape index (κ3) is 2.22. The number of carbonyl (C=O) groups excluding carboxylic acids is 1. The summed E-state index contributed by atoms with van der Waals surface area (Å²) in [5, 5.41) is 0.221. The van der Waals surface area contributed by atoms with Gasteiger partial charge in [0.1, 0.15) is 8.85 Å². The van der Waals surface area contributed by atoms with E-state index in [2.05, 4.69) is 9.72 Å². The Morgan fingerprint density at radius 3 is 2.92 bits per heavy atom. The van der Waals surface area contributed by atoms with Crippen LogP contribution in [0.2, 0.25) is 5.15 Å². The summed E-state index contributed by atoms with van der Waals surface area (Å²) in [7, 11) is 1.28. The number of pyridine rings is 1. The quantitative estimate of drug-likeness (QED) is 0.487. The molecule has 1 heterocycles. The van der Waals surface area contributed by atoms with Crippen molar-refractivity contribution < 1.29 is 9.53 Å². The maximum Gasteiger partial charge on any atom is 0.340 e. The molecule has 0 fully saturated rings. The largest absolute Gasteiger partial charge is 0.465 e.